The molecule has 1 aliphatic rings. The van der Waals surface area contributed by atoms with Gasteiger partial charge in [0, 0.05) is 17.3 Å². The Morgan fingerprint density at radius 3 is 2.42 bits per heavy atom. The van der Waals surface area contributed by atoms with E-state index in [0.717, 1.165) is 17.8 Å². The number of nitrogens with one attached hydrogen (secondary N) is 1. The van der Waals surface area contributed by atoms with E-state index in [1.54, 1.807) is 12.1 Å². The standard InChI is InChI=1S/C18H21ClN2O2S/c1-18(2)16(11-21-14-5-3-4-13(19)10-14)17(18)12-6-8-15(9-7-12)24(20,22)23/h3-10,16-17,21H,11H2,1-2H3,(H2,20,22,23)/t16-,17-/m0/s1. The van der Waals surface area contributed by atoms with Crippen LogP contribution < -0.4 is 10.5 Å². The lowest BCUT2D eigenvalue weighted by molar-refractivity contribution is 0.565. The Labute approximate surface area is 148 Å². The van der Waals surface area contributed by atoms with Crippen LogP contribution in [0.5, 0.6) is 0 Å². The van der Waals surface area contributed by atoms with Gasteiger partial charge in [-0.2, -0.15) is 0 Å². The van der Waals surface area contributed by atoms with Crippen LogP contribution in [0, 0.1) is 11.3 Å². The number of benzene rings is 2. The molecule has 0 amide bonds. The monoisotopic (exact) mass is 364 g/mol. The number of halogens is 1. The number of anilines is 1. The molecule has 0 saturated heterocycles. The predicted molar refractivity (Wildman–Crippen MR) is 97.8 cm³/mol. The van der Waals surface area contributed by atoms with Gasteiger partial charge in [0.2, 0.25) is 10.0 Å². The van der Waals surface area contributed by atoms with Gasteiger partial charge in [0.05, 0.1) is 4.90 Å². The molecule has 2 aromatic carbocycles. The third kappa shape index (κ3) is 3.43. The van der Waals surface area contributed by atoms with Gasteiger partial charge in [0.15, 0.2) is 0 Å². The highest BCUT2D eigenvalue weighted by molar-refractivity contribution is 7.89. The van der Waals surface area contributed by atoms with Crippen LogP contribution >= 0.6 is 11.6 Å². The zero-order chi connectivity index (χ0) is 17.5. The molecule has 1 fully saturated rings. The fourth-order valence-electron chi connectivity index (χ4n) is 3.48. The molecule has 6 heteroatoms. The summed E-state index contributed by atoms with van der Waals surface area (Å²) >= 11 is 6.01. The Morgan fingerprint density at radius 2 is 1.83 bits per heavy atom. The zero-order valence-corrected chi connectivity index (χ0v) is 15.2. The van der Waals surface area contributed by atoms with Crippen molar-refractivity contribution in [3.63, 3.8) is 0 Å². The molecule has 1 saturated carbocycles. The quantitative estimate of drug-likeness (QED) is 0.846. The van der Waals surface area contributed by atoms with Crippen molar-refractivity contribution >= 4 is 27.3 Å². The lowest BCUT2D eigenvalue weighted by Gasteiger charge is -2.07. The lowest BCUT2D eigenvalue weighted by atomic mass is 10.0. The van der Waals surface area contributed by atoms with Gasteiger partial charge in [-0.25, -0.2) is 13.6 Å². The van der Waals surface area contributed by atoms with Crippen molar-refractivity contribution in [2.45, 2.75) is 24.7 Å². The number of sulfonamides is 1. The molecule has 0 aromatic heterocycles. The van der Waals surface area contributed by atoms with Gasteiger partial charge in [0.25, 0.3) is 0 Å². The number of rotatable bonds is 5. The average molecular weight is 365 g/mol. The van der Waals surface area contributed by atoms with E-state index >= 15 is 0 Å². The van der Waals surface area contributed by atoms with Gasteiger partial charge in [-0.05, 0) is 53.1 Å². The highest BCUT2D eigenvalue weighted by atomic mass is 35.5. The van der Waals surface area contributed by atoms with Crippen LogP contribution in [0.15, 0.2) is 53.4 Å². The van der Waals surface area contributed by atoms with Crippen LogP contribution in [0.1, 0.15) is 25.3 Å². The minimum Gasteiger partial charge on any atom is -0.385 e. The van der Waals surface area contributed by atoms with Gasteiger partial charge >= 0.3 is 0 Å². The number of hydrogen-bond donors (Lipinski definition) is 2. The topological polar surface area (TPSA) is 72.2 Å². The maximum Gasteiger partial charge on any atom is 0.238 e. The minimum absolute atomic E-state index is 0.151. The lowest BCUT2D eigenvalue weighted by Crippen LogP contribution is -2.11. The zero-order valence-electron chi connectivity index (χ0n) is 13.7. The third-order valence-corrected chi connectivity index (χ3v) is 6.13. The van der Waals surface area contributed by atoms with Crippen molar-refractivity contribution in [1.82, 2.24) is 0 Å². The van der Waals surface area contributed by atoms with Crippen molar-refractivity contribution in [1.29, 1.82) is 0 Å². The SMILES string of the molecule is CC1(C)[C@@H](CNc2cccc(Cl)c2)[C@@H]1c1ccc(S(N)(=O)=O)cc1. The van der Waals surface area contributed by atoms with Gasteiger partial charge in [-0.15, -0.1) is 0 Å². The van der Waals surface area contributed by atoms with Crippen LogP contribution in [0.2, 0.25) is 5.02 Å². The molecule has 128 valence electrons. The van der Waals surface area contributed by atoms with Gasteiger partial charge < -0.3 is 5.32 Å². The summed E-state index contributed by atoms with van der Waals surface area (Å²) in [4.78, 5) is 0.151. The molecule has 3 rings (SSSR count). The van der Waals surface area contributed by atoms with E-state index in [2.05, 4.69) is 19.2 Å². The summed E-state index contributed by atoms with van der Waals surface area (Å²) < 4.78 is 22.7. The summed E-state index contributed by atoms with van der Waals surface area (Å²) in [6, 6.07) is 14.6. The fourth-order valence-corrected chi connectivity index (χ4v) is 4.18. The smallest absolute Gasteiger partial charge is 0.238 e. The Kier molecular flexibility index (Phi) is 4.36. The Bertz CT molecular complexity index is 848. The predicted octanol–water partition coefficient (Wildman–Crippen LogP) is 3.84. The summed E-state index contributed by atoms with van der Waals surface area (Å²) in [7, 11) is -3.64. The maximum atomic E-state index is 11.4. The molecular formula is C18H21ClN2O2S. The van der Waals surface area contributed by atoms with E-state index in [1.807, 2.05) is 36.4 Å². The maximum absolute atomic E-state index is 11.4. The molecule has 0 radical (unpaired) electrons. The third-order valence-electron chi connectivity index (χ3n) is 4.97. The molecular weight excluding hydrogens is 344 g/mol. The van der Waals surface area contributed by atoms with E-state index in [9.17, 15) is 8.42 Å². The summed E-state index contributed by atoms with van der Waals surface area (Å²) in [5.41, 5.74) is 2.31. The van der Waals surface area contributed by atoms with Gasteiger partial charge in [-0.3, -0.25) is 0 Å². The normalized spacial score (nSPS) is 22.2. The first-order chi connectivity index (χ1) is 11.2. The molecule has 0 aliphatic heterocycles. The Hall–Kier alpha value is -1.56. The van der Waals surface area contributed by atoms with Crippen molar-refractivity contribution in [3.05, 3.63) is 59.1 Å². The van der Waals surface area contributed by atoms with Crippen molar-refractivity contribution in [3.8, 4) is 0 Å². The molecule has 2 atom stereocenters. The molecule has 0 heterocycles. The Balaban J connectivity index is 1.70. The second kappa shape index (κ2) is 6.06. The van der Waals surface area contributed by atoms with Crippen LogP contribution in [-0.4, -0.2) is 15.0 Å². The summed E-state index contributed by atoms with van der Waals surface area (Å²) in [5, 5.41) is 9.31. The van der Waals surface area contributed by atoms with E-state index in [4.69, 9.17) is 16.7 Å². The molecule has 1 aliphatic carbocycles. The average Bonchev–Trinajstić information content (AvgIpc) is 3.05. The highest BCUT2D eigenvalue weighted by Gasteiger charge is 2.57. The molecule has 0 bridgehead atoms. The minimum atomic E-state index is -3.64. The van der Waals surface area contributed by atoms with Crippen LogP contribution in [0.25, 0.3) is 0 Å². The number of nitrogens with two attached hydrogens (primary N) is 1. The van der Waals surface area contributed by atoms with Crippen molar-refractivity contribution in [2.24, 2.45) is 16.5 Å². The van der Waals surface area contributed by atoms with Crippen LogP contribution in [0.4, 0.5) is 5.69 Å². The number of hydrogen-bond acceptors (Lipinski definition) is 3. The second-order valence-corrected chi connectivity index (χ2v) is 8.91. The molecule has 0 unspecified atom stereocenters. The van der Waals surface area contributed by atoms with Crippen LogP contribution in [0.3, 0.4) is 0 Å². The van der Waals surface area contributed by atoms with E-state index < -0.39 is 10.0 Å². The van der Waals surface area contributed by atoms with Gasteiger partial charge in [-0.1, -0.05) is 43.6 Å². The molecule has 3 N–H and O–H groups in total. The van der Waals surface area contributed by atoms with Crippen LogP contribution in [-0.2, 0) is 10.0 Å². The first-order valence-electron chi connectivity index (χ1n) is 7.82. The number of primary sulfonamides is 1. The molecule has 24 heavy (non-hydrogen) atoms. The Morgan fingerprint density at radius 1 is 1.17 bits per heavy atom. The van der Waals surface area contributed by atoms with E-state index in [0.29, 0.717) is 16.9 Å². The fraction of sp³-hybridized carbons (Fsp3) is 0.333. The van der Waals surface area contributed by atoms with Gasteiger partial charge in [0.1, 0.15) is 0 Å². The first kappa shape index (κ1) is 17.3. The second-order valence-electron chi connectivity index (χ2n) is 6.91. The van der Waals surface area contributed by atoms with E-state index in [1.165, 1.54) is 0 Å². The highest BCUT2D eigenvalue weighted by Crippen LogP contribution is 2.64. The van der Waals surface area contributed by atoms with E-state index in [-0.39, 0.29) is 10.3 Å². The first-order valence-corrected chi connectivity index (χ1v) is 9.74. The molecule has 0 spiro atoms. The summed E-state index contributed by atoms with van der Waals surface area (Å²) in [6.07, 6.45) is 0. The molecule has 4 nitrogen and oxygen atoms in total. The van der Waals surface area contributed by atoms with Crippen molar-refractivity contribution in [2.75, 3.05) is 11.9 Å². The van der Waals surface area contributed by atoms with Crippen molar-refractivity contribution < 1.29 is 8.42 Å². The largest absolute Gasteiger partial charge is 0.385 e. The summed E-state index contributed by atoms with van der Waals surface area (Å²) in [5.74, 6) is 0.857. The molecule has 2 aromatic rings. The summed E-state index contributed by atoms with van der Waals surface area (Å²) in [6.45, 7) is 5.31.